The van der Waals surface area contributed by atoms with Crippen LogP contribution in [0.2, 0.25) is 0 Å². The van der Waals surface area contributed by atoms with Crippen molar-refractivity contribution in [1.82, 2.24) is 19.9 Å². The molecule has 2 amide bonds. The van der Waals surface area contributed by atoms with Crippen LogP contribution in [0.25, 0.3) is 11.3 Å². The summed E-state index contributed by atoms with van der Waals surface area (Å²) in [5.74, 6) is 3.43. The van der Waals surface area contributed by atoms with Crippen LogP contribution >= 0.6 is 0 Å². The van der Waals surface area contributed by atoms with E-state index in [2.05, 4.69) is 6.07 Å². The number of carbonyl (C=O) groups is 2. The number of aromatic nitrogens is 3. The molecule has 45 heavy (non-hydrogen) atoms. The van der Waals surface area contributed by atoms with Crippen molar-refractivity contribution in [2.75, 3.05) is 32.6 Å². The molecule has 0 N–H and O–H groups in total. The summed E-state index contributed by atoms with van der Waals surface area (Å²) in [6.45, 7) is 2.61. The Labute approximate surface area is 265 Å². The molecule has 0 bridgehead atoms. The Balaban J connectivity index is 1.17. The summed E-state index contributed by atoms with van der Waals surface area (Å²) in [4.78, 5) is 44.0. The van der Waals surface area contributed by atoms with Crippen molar-refractivity contribution in [1.29, 1.82) is 0 Å². The third-order valence-corrected chi connectivity index (χ3v) is 9.67. The van der Waals surface area contributed by atoms with Gasteiger partial charge in [0.05, 0.1) is 12.8 Å². The van der Waals surface area contributed by atoms with Crippen LogP contribution in [0.4, 0.5) is 10.6 Å². The standard InChI is InChI=1S/C35H45N5O5/c1-22-31(43-4)16-15-29(37-22)24-7-5-23(6-8-24)20-40(34(41)26-11-13-28(14-12-26)45-35(42)39(2)3)32-19-27(17-18-36-32)30-21-44-33(38-30)25-9-10-25/h15-19,21,23-26,28H,5-14,20H2,1-4H3/t23-,24-,26-,28-. The maximum atomic E-state index is 14.3. The molecule has 0 atom stereocenters. The van der Waals surface area contributed by atoms with E-state index >= 15 is 0 Å². The number of pyridine rings is 2. The minimum Gasteiger partial charge on any atom is -0.495 e. The molecule has 10 nitrogen and oxygen atoms in total. The molecule has 3 fully saturated rings. The van der Waals surface area contributed by atoms with Crippen molar-refractivity contribution in [2.24, 2.45) is 11.8 Å². The van der Waals surface area contributed by atoms with E-state index in [1.165, 1.54) is 4.90 Å². The third kappa shape index (κ3) is 7.31. The van der Waals surface area contributed by atoms with Crippen LogP contribution in [0.15, 0.2) is 41.1 Å². The van der Waals surface area contributed by atoms with Gasteiger partial charge in [-0.1, -0.05) is 0 Å². The highest BCUT2D eigenvalue weighted by atomic mass is 16.6. The minimum atomic E-state index is -0.333. The number of rotatable bonds is 9. The number of hydrogen-bond acceptors (Lipinski definition) is 8. The Kier molecular flexibility index (Phi) is 9.37. The zero-order valence-electron chi connectivity index (χ0n) is 26.9. The number of carbonyl (C=O) groups excluding carboxylic acids is 2. The molecule has 0 aromatic carbocycles. The topological polar surface area (TPSA) is 111 Å². The van der Waals surface area contributed by atoms with E-state index in [-0.39, 0.29) is 24.0 Å². The maximum absolute atomic E-state index is 14.3. The van der Waals surface area contributed by atoms with Gasteiger partial charge in [0.1, 0.15) is 29.6 Å². The average Bonchev–Trinajstić information content (AvgIpc) is 3.79. The zero-order chi connectivity index (χ0) is 31.5. The minimum absolute atomic E-state index is 0.102. The number of ether oxygens (including phenoxy) is 2. The molecule has 6 rings (SSSR count). The summed E-state index contributed by atoms with van der Waals surface area (Å²) in [5.41, 5.74) is 3.72. The Hall–Kier alpha value is -3.95. The second-order valence-corrected chi connectivity index (χ2v) is 13.2. The predicted molar refractivity (Wildman–Crippen MR) is 170 cm³/mol. The lowest BCUT2D eigenvalue weighted by molar-refractivity contribution is -0.124. The lowest BCUT2D eigenvalue weighted by atomic mass is 9.79. The fourth-order valence-corrected chi connectivity index (χ4v) is 6.77. The van der Waals surface area contributed by atoms with E-state index in [4.69, 9.17) is 28.8 Å². The van der Waals surface area contributed by atoms with Crippen LogP contribution < -0.4 is 9.64 Å². The van der Waals surface area contributed by atoms with Crippen molar-refractivity contribution in [3.63, 3.8) is 0 Å². The molecule has 3 heterocycles. The van der Waals surface area contributed by atoms with Gasteiger partial charge in [-0.3, -0.25) is 14.7 Å². The lowest BCUT2D eigenvalue weighted by Crippen LogP contribution is -2.42. The fourth-order valence-electron chi connectivity index (χ4n) is 6.77. The van der Waals surface area contributed by atoms with E-state index in [1.54, 1.807) is 33.7 Å². The summed E-state index contributed by atoms with van der Waals surface area (Å²) in [5, 5.41) is 0. The number of hydrogen-bond donors (Lipinski definition) is 0. The third-order valence-electron chi connectivity index (χ3n) is 9.67. The molecule has 240 valence electrons. The molecule has 3 aliphatic carbocycles. The van der Waals surface area contributed by atoms with Gasteiger partial charge in [0, 0.05) is 55.8 Å². The highest BCUT2D eigenvalue weighted by Crippen LogP contribution is 2.41. The molecule has 0 unspecified atom stereocenters. The number of amides is 2. The van der Waals surface area contributed by atoms with E-state index in [1.807, 2.05) is 30.0 Å². The first-order valence-electron chi connectivity index (χ1n) is 16.4. The van der Waals surface area contributed by atoms with Crippen LogP contribution in [0, 0.1) is 18.8 Å². The molecule has 3 aromatic heterocycles. The first kappa shape index (κ1) is 31.0. The molecule has 10 heteroatoms. The Morgan fingerprint density at radius 1 is 0.933 bits per heavy atom. The molecule has 3 saturated carbocycles. The van der Waals surface area contributed by atoms with E-state index in [9.17, 15) is 9.59 Å². The molecule has 0 radical (unpaired) electrons. The van der Waals surface area contributed by atoms with Crippen LogP contribution in [0.1, 0.15) is 93.3 Å². The van der Waals surface area contributed by atoms with E-state index in [0.717, 1.165) is 72.8 Å². The van der Waals surface area contributed by atoms with E-state index in [0.29, 0.717) is 55.8 Å². The second kappa shape index (κ2) is 13.6. The molecular formula is C35H45N5O5. The molecule has 0 saturated heterocycles. The monoisotopic (exact) mass is 615 g/mol. The Morgan fingerprint density at radius 3 is 2.33 bits per heavy atom. The summed E-state index contributed by atoms with van der Waals surface area (Å²) in [6, 6.07) is 8.01. The summed E-state index contributed by atoms with van der Waals surface area (Å²) < 4.78 is 16.8. The van der Waals surface area contributed by atoms with Gasteiger partial charge in [-0.15, -0.1) is 0 Å². The highest BCUT2D eigenvalue weighted by molar-refractivity contribution is 5.94. The lowest BCUT2D eigenvalue weighted by Gasteiger charge is -2.35. The second-order valence-electron chi connectivity index (χ2n) is 13.2. The first-order valence-corrected chi connectivity index (χ1v) is 16.4. The van der Waals surface area contributed by atoms with Gasteiger partial charge < -0.3 is 18.8 Å². The van der Waals surface area contributed by atoms with Crippen LogP contribution in [0.3, 0.4) is 0 Å². The van der Waals surface area contributed by atoms with Crippen LogP contribution in [-0.2, 0) is 9.53 Å². The van der Waals surface area contributed by atoms with Crippen molar-refractivity contribution in [3.8, 4) is 17.0 Å². The molecular weight excluding hydrogens is 570 g/mol. The van der Waals surface area contributed by atoms with Crippen molar-refractivity contribution in [3.05, 3.63) is 54.0 Å². The number of aryl methyl sites for hydroxylation is 1. The van der Waals surface area contributed by atoms with Gasteiger partial charge >= 0.3 is 6.09 Å². The predicted octanol–water partition coefficient (Wildman–Crippen LogP) is 6.89. The van der Waals surface area contributed by atoms with E-state index < -0.39 is 0 Å². The maximum Gasteiger partial charge on any atom is 0.409 e. The zero-order valence-corrected chi connectivity index (χ0v) is 26.9. The molecule has 0 spiro atoms. The van der Waals surface area contributed by atoms with Gasteiger partial charge in [-0.05, 0) is 101 Å². The Bertz CT molecular complexity index is 1490. The largest absolute Gasteiger partial charge is 0.495 e. The van der Waals surface area contributed by atoms with Crippen molar-refractivity contribution < 1.29 is 23.5 Å². The number of oxazole rings is 1. The van der Waals surface area contributed by atoms with Gasteiger partial charge in [0.15, 0.2) is 5.89 Å². The van der Waals surface area contributed by atoms with Crippen LogP contribution in [0.5, 0.6) is 5.75 Å². The smallest absolute Gasteiger partial charge is 0.409 e. The number of anilines is 1. The van der Waals surface area contributed by atoms with Crippen LogP contribution in [-0.4, -0.2) is 65.7 Å². The number of methoxy groups -OCH3 is 1. The van der Waals surface area contributed by atoms with Crippen molar-refractivity contribution >= 4 is 17.8 Å². The number of nitrogens with zero attached hydrogens (tertiary/aromatic N) is 5. The molecule has 3 aromatic rings. The SMILES string of the molecule is COc1ccc([C@H]2CC[C@H](CN(c3cc(-c4coc(C5CC5)n4)ccn3)C(=O)[C@H]3CC[C@H](OC(=O)N(C)C)CC3)CC2)nc1C. The van der Waals surface area contributed by atoms with Gasteiger partial charge in [-0.2, -0.15) is 0 Å². The summed E-state index contributed by atoms with van der Waals surface area (Å²) in [6.07, 6.45) is 12.1. The summed E-state index contributed by atoms with van der Waals surface area (Å²) >= 11 is 0. The fraction of sp³-hybridized carbons (Fsp3) is 0.571. The van der Waals surface area contributed by atoms with Gasteiger partial charge in [0.25, 0.3) is 0 Å². The van der Waals surface area contributed by atoms with Crippen molar-refractivity contribution in [2.45, 2.75) is 89.1 Å². The van der Waals surface area contributed by atoms with Gasteiger partial charge in [0.2, 0.25) is 5.91 Å². The quantitative estimate of drug-likeness (QED) is 0.256. The average molecular weight is 616 g/mol. The molecule has 3 aliphatic rings. The summed E-state index contributed by atoms with van der Waals surface area (Å²) in [7, 11) is 5.05. The molecule has 0 aliphatic heterocycles. The normalized spacial score (nSPS) is 23.3. The first-order chi connectivity index (χ1) is 21.8. The van der Waals surface area contributed by atoms with Gasteiger partial charge in [-0.25, -0.2) is 14.8 Å². The Morgan fingerprint density at radius 2 is 1.67 bits per heavy atom. The highest BCUT2D eigenvalue weighted by Gasteiger charge is 2.35.